The zero-order chi connectivity index (χ0) is 9.90. The average molecular weight is 197 g/mol. The number of hydrogen-bond acceptors (Lipinski definition) is 2. The summed E-state index contributed by atoms with van der Waals surface area (Å²) in [6, 6.07) is 6.88. The van der Waals surface area contributed by atoms with Crippen LogP contribution in [0.4, 0.5) is 0 Å². The molecular formula is C10H13O2S. The molecule has 71 valence electrons. The van der Waals surface area contributed by atoms with Gasteiger partial charge in [0.1, 0.15) is 0 Å². The molecule has 0 aliphatic carbocycles. The van der Waals surface area contributed by atoms with Gasteiger partial charge in [0.05, 0.1) is 10.6 Å². The lowest BCUT2D eigenvalue weighted by Gasteiger charge is -2.01. The Bertz CT molecular complexity index is 362. The Morgan fingerprint density at radius 1 is 1.23 bits per heavy atom. The lowest BCUT2D eigenvalue weighted by Crippen LogP contribution is -2.00. The predicted molar refractivity (Wildman–Crippen MR) is 53.0 cm³/mol. The highest BCUT2D eigenvalue weighted by Gasteiger charge is 2.12. The Morgan fingerprint density at radius 3 is 2.23 bits per heavy atom. The first-order valence-corrected chi connectivity index (χ1v) is 5.76. The number of hydrogen-bond donors (Lipinski definition) is 0. The van der Waals surface area contributed by atoms with Crippen molar-refractivity contribution < 1.29 is 8.42 Å². The third-order valence-corrected chi connectivity index (χ3v) is 3.44. The monoisotopic (exact) mass is 197 g/mol. The van der Waals surface area contributed by atoms with E-state index in [1.54, 1.807) is 24.3 Å². The lowest BCUT2D eigenvalue weighted by molar-refractivity contribution is 0.600. The molecule has 0 amide bonds. The third kappa shape index (κ3) is 2.56. The fourth-order valence-electron chi connectivity index (χ4n) is 1.04. The van der Waals surface area contributed by atoms with Gasteiger partial charge in [0.25, 0.3) is 0 Å². The minimum atomic E-state index is -3.15. The maximum atomic E-state index is 11.5. The Hall–Kier alpha value is -0.830. The molecule has 0 saturated carbocycles. The van der Waals surface area contributed by atoms with E-state index >= 15 is 0 Å². The van der Waals surface area contributed by atoms with Crippen molar-refractivity contribution >= 4 is 9.84 Å². The van der Waals surface area contributed by atoms with Crippen molar-refractivity contribution in [1.29, 1.82) is 0 Å². The van der Waals surface area contributed by atoms with Gasteiger partial charge in [-0.2, -0.15) is 0 Å². The van der Waals surface area contributed by atoms with E-state index in [0.29, 0.717) is 11.3 Å². The van der Waals surface area contributed by atoms with E-state index in [0.717, 1.165) is 5.56 Å². The van der Waals surface area contributed by atoms with Crippen LogP contribution in [-0.4, -0.2) is 8.42 Å². The first-order valence-electron chi connectivity index (χ1n) is 4.21. The largest absolute Gasteiger partial charge is 0.223 e. The van der Waals surface area contributed by atoms with Crippen LogP contribution in [0.15, 0.2) is 29.2 Å². The van der Waals surface area contributed by atoms with Crippen molar-refractivity contribution in [2.24, 2.45) is 0 Å². The minimum Gasteiger partial charge on any atom is -0.223 e. The molecule has 0 bridgehead atoms. The molecule has 2 nitrogen and oxygen atoms in total. The highest BCUT2D eigenvalue weighted by atomic mass is 32.2. The standard InChI is InChI=1S/C10H13O2S/c1-3-8-13(11,12)10-6-4-9(2)5-7-10/h4-8H,3H2,1-2H3. The van der Waals surface area contributed by atoms with E-state index in [4.69, 9.17) is 0 Å². The van der Waals surface area contributed by atoms with Gasteiger partial charge in [0.2, 0.25) is 0 Å². The molecule has 1 aromatic rings. The summed E-state index contributed by atoms with van der Waals surface area (Å²) in [4.78, 5) is 0.375. The van der Waals surface area contributed by atoms with Crippen LogP contribution in [-0.2, 0) is 9.84 Å². The Kier molecular flexibility index (Phi) is 3.09. The van der Waals surface area contributed by atoms with E-state index in [1.165, 1.54) is 5.75 Å². The van der Waals surface area contributed by atoms with Crippen molar-refractivity contribution in [2.45, 2.75) is 25.2 Å². The van der Waals surface area contributed by atoms with Gasteiger partial charge < -0.3 is 0 Å². The maximum Gasteiger partial charge on any atom is 0.182 e. The van der Waals surface area contributed by atoms with Gasteiger partial charge in [-0.15, -0.1) is 0 Å². The molecular weight excluding hydrogens is 184 g/mol. The van der Waals surface area contributed by atoms with Gasteiger partial charge in [0, 0.05) is 0 Å². The lowest BCUT2D eigenvalue weighted by atomic mass is 10.2. The van der Waals surface area contributed by atoms with Gasteiger partial charge in [-0.25, -0.2) is 8.42 Å². The van der Waals surface area contributed by atoms with Gasteiger partial charge in [0.15, 0.2) is 9.84 Å². The highest BCUT2D eigenvalue weighted by molar-refractivity contribution is 7.93. The van der Waals surface area contributed by atoms with Crippen LogP contribution in [0.25, 0.3) is 0 Å². The second kappa shape index (κ2) is 3.92. The van der Waals surface area contributed by atoms with Crippen LogP contribution >= 0.6 is 0 Å². The second-order valence-electron chi connectivity index (χ2n) is 2.93. The van der Waals surface area contributed by atoms with Gasteiger partial charge in [-0.05, 0) is 25.5 Å². The van der Waals surface area contributed by atoms with E-state index in [2.05, 4.69) is 0 Å². The fourth-order valence-corrected chi connectivity index (χ4v) is 2.19. The molecule has 13 heavy (non-hydrogen) atoms. The molecule has 1 radical (unpaired) electrons. The summed E-state index contributed by atoms with van der Waals surface area (Å²) in [6.45, 7) is 3.74. The number of benzene rings is 1. The first-order chi connectivity index (χ1) is 6.06. The molecule has 0 aromatic heterocycles. The van der Waals surface area contributed by atoms with Crippen molar-refractivity contribution in [3.05, 3.63) is 35.6 Å². The molecule has 3 heteroatoms. The van der Waals surface area contributed by atoms with Gasteiger partial charge in [-0.3, -0.25) is 0 Å². The molecule has 0 N–H and O–H groups in total. The second-order valence-corrected chi connectivity index (χ2v) is 4.83. The summed E-state index contributed by atoms with van der Waals surface area (Å²) in [5.74, 6) is 1.33. The smallest absolute Gasteiger partial charge is 0.182 e. The van der Waals surface area contributed by atoms with Crippen LogP contribution in [0.3, 0.4) is 0 Å². The topological polar surface area (TPSA) is 34.1 Å². The summed E-state index contributed by atoms with van der Waals surface area (Å²) >= 11 is 0. The predicted octanol–water partition coefficient (Wildman–Crippen LogP) is 2.34. The molecule has 0 aliphatic heterocycles. The third-order valence-electron chi connectivity index (χ3n) is 1.74. The molecule has 1 aromatic carbocycles. The molecule has 0 spiro atoms. The summed E-state index contributed by atoms with van der Waals surface area (Å²) in [5.41, 5.74) is 1.07. The normalized spacial score (nSPS) is 11.5. The van der Waals surface area contributed by atoms with Crippen molar-refractivity contribution in [2.75, 3.05) is 0 Å². The minimum absolute atomic E-state index is 0.375. The number of aryl methyl sites for hydroxylation is 1. The summed E-state index contributed by atoms with van der Waals surface area (Å²) in [5, 5.41) is 0. The zero-order valence-electron chi connectivity index (χ0n) is 7.82. The van der Waals surface area contributed by atoms with Crippen molar-refractivity contribution in [3.8, 4) is 0 Å². The molecule has 0 atom stereocenters. The Labute approximate surface area is 79.5 Å². The summed E-state index contributed by atoms with van der Waals surface area (Å²) < 4.78 is 23.0. The number of sulfone groups is 1. The van der Waals surface area contributed by atoms with Crippen LogP contribution in [0.2, 0.25) is 0 Å². The van der Waals surface area contributed by atoms with Crippen LogP contribution < -0.4 is 0 Å². The quantitative estimate of drug-likeness (QED) is 0.745. The van der Waals surface area contributed by atoms with E-state index < -0.39 is 9.84 Å². The first kappa shape index (κ1) is 10.3. The summed E-state index contributed by atoms with van der Waals surface area (Å²) in [6.07, 6.45) is 0.538. The fraction of sp³-hybridized carbons (Fsp3) is 0.300. The average Bonchev–Trinajstić information content (AvgIpc) is 2.05. The highest BCUT2D eigenvalue weighted by Crippen LogP contribution is 2.15. The number of rotatable bonds is 3. The zero-order valence-corrected chi connectivity index (χ0v) is 8.64. The van der Waals surface area contributed by atoms with Gasteiger partial charge in [-0.1, -0.05) is 24.6 Å². The molecule has 0 aliphatic rings. The van der Waals surface area contributed by atoms with Crippen LogP contribution in [0.5, 0.6) is 0 Å². The maximum absolute atomic E-state index is 11.5. The van der Waals surface area contributed by atoms with Crippen molar-refractivity contribution in [1.82, 2.24) is 0 Å². The Morgan fingerprint density at radius 2 is 1.77 bits per heavy atom. The molecule has 0 saturated heterocycles. The molecule has 1 rings (SSSR count). The van der Waals surface area contributed by atoms with Gasteiger partial charge >= 0.3 is 0 Å². The van der Waals surface area contributed by atoms with Crippen molar-refractivity contribution in [3.63, 3.8) is 0 Å². The SMILES string of the molecule is CC[CH]S(=O)(=O)c1ccc(C)cc1. The molecule has 0 heterocycles. The molecule has 0 fully saturated rings. The molecule has 0 unspecified atom stereocenters. The van der Waals surface area contributed by atoms with E-state index in [-0.39, 0.29) is 0 Å². The Balaban J connectivity index is 3.02. The van der Waals surface area contributed by atoms with E-state index in [9.17, 15) is 8.42 Å². The van der Waals surface area contributed by atoms with Crippen LogP contribution in [0.1, 0.15) is 18.9 Å². The summed E-state index contributed by atoms with van der Waals surface area (Å²) in [7, 11) is -3.15. The van der Waals surface area contributed by atoms with E-state index in [1.807, 2.05) is 13.8 Å². The van der Waals surface area contributed by atoms with Crippen LogP contribution in [0, 0.1) is 12.7 Å².